The van der Waals surface area contributed by atoms with E-state index in [2.05, 4.69) is 5.32 Å². The molecule has 0 fully saturated rings. The van der Waals surface area contributed by atoms with Crippen LogP contribution in [-0.4, -0.2) is 11.0 Å². The number of anilines is 1. The third-order valence-electron chi connectivity index (χ3n) is 3.25. The molecule has 1 atom stereocenters. The molecule has 1 N–H and O–H groups in total. The number of non-ortho nitro benzene ring substituents is 1. The first-order valence-corrected chi connectivity index (χ1v) is 6.71. The third kappa shape index (κ3) is 4.02. The van der Waals surface area contributed by atoms with Gasteiger partial charge in [-0.3, -0.25) is 10.1 Å². The van der Waals surface area contributed by atoms with E-state index in [-0.39, 0.29) is 17.5 Å². The second-order valence-corrected chi connectivity index (χ2v) is 5.14. The molecule has 0 aliphatic carbocycles. The number of halogens is 1. The number of benzene rings is 2. The molecule has 2 rings (SSSR count). The zero-order valence-corrected chi connectivity index (χ0v) is 12.0. The number of nitrogens with one attached hydrogen (secondary N) is 1. The fourth-order valence-electron chi connectivity index (χ4n) is 2.26. The van der Waals surface area contributed by atoms with Crippen molar-refractivity contribution in [1.82, 2.24) is 0 Å². The van der Waals surface area contributed by atoms with Crippen molar-refractivity contribution >= 4 is 11.4 Å². The Balaban J connectivity index is 2.06. The van der Waals surface area contributed by atoms with Crippen LogP contribution in [-0.2, 0) is 6.42 Å². The average molecular weight is 288 g/mol. The largest absolute Gasteiger partial charge is 0.382 e. The molecule has 0 heterocycles. The van der Waals surface area contributed by atoms with E-state index in [1.54, 1.807) is 12.1 Å². The van der Waals surface area contributed by atoms with Gasteiger partial charge in [-0.2, -0.15) is 0 Å². The van der Waals surface area contributed by atoms with Crippen LogP contribution in [0.5, 0.6) is 0 Å². The van der Waals surface area contributed by atoms with Crippen molar-refractivity contribution in [2.75, 3.05) is 5.32 Å². The SMILES string of the molecule is Cc1cc([N+](=O)[O-])ccc1NC(C)Cc1cccc(F)c1. The van der Waals surface area contributed by atoms with Crippen LogP contribution >= 0.6 is 0 Å². The molecule has 0 radical (unpaired) electrons. The molecule has 21 heavy (non-hydrogen) atoms. The first-order chi connectivity index (χ1) is 9.95. The molecule has 0 aromatic heterocycles. The van der Waals surface area contributed by atoms with Crippen LogP contribution in [0.4, 0.5) is 15.8 Å². The number of nitrogens with zero attached hydrogens (tertiary/aromatic N) is 1. The zero-order chi connectivity index (χ0) is 15.4. The summed E-state index contributed by atoms with van der Waals surface area (Å²) in [6, 6.07) is 11.3. The van der Waals surface area contributed by atoms with Gasteiger partial charge < -0.3 is 5.32 Å². The molecule has 0 saturated carbocycles. The molecule has 0 spiro atoms. The molecule has 0 aliphatic heterocycles. The van der Waals surface area contributed by atoms with Gasteiger partial charge in [0.05, 0.1) is 4.92 Å². The summed E-state index contributed by atoms with van der Waals surface area (Å²) in [7, 11) is 0. The number of nitro groups is 1. The van der Waals surface area contributed by atoms with Gasteiger partial charge in [0.25, 0.3) is 5.69 Å². The Morgan fingerprint density at radius 1 is 1.29 bits per heavy atom. The van der Waals surface area contributed by atoms with Crippen LogP contribution in [0.2, 0.25) is 0 Å². The first-order valence-electron chi connectivity index (χ1n) is 6.71. The highest BCUT2D eigenvalue weighted by Gasteiger charge is 2.10. The lowest BCUT2D eigenvalue weighted by atomic mass is 10.1. The molecule has 110 valence electrons. The van der Waals surface area contributed by atoms with Crippen molar-refractivity contribution in [1.29, 1.82) is 0 Å². The van der Waals surface area contributed by atoms with Gasteiger partial charge in [0.1, 0.15) is 5.82 Å². The molecule has 2 aromatic rings. The Morgan fingerprint density at radius 3 is 2.67 bits per heavy atom. The van der Waals surface area contributed by atoms with Crippen LogP contribution < -0.4 is 5.32 Å². The van der Waals surface area contributed by atoms with E-state index in [1.165, 1.54) is 24.3 Å². The molecule has 0 saturated heterocycles. The van der Waals surface area contributed by atoms with E-state index in [9.17, 15) is 14.5 Å². The minimum Gasteiger partial charge on any atom is -0.382 e. The van der Waals surface area contributed by atoms with E-state index < -0.39 is 4.92 Å². The molecular weight excluding hydrogens is 271 g/mol. The van der Waals surface area contributed by atoms with E-state index >= 15 is 0 Å². The molecule has 0 aliphatic rings. The highest BCUT2D eigenvalue weighted by atomic mass is 19.1. The monoisotopic (exact) mass is 288 g/mol. The normalized spacial score (nSPS) is 12.0. The second-order valence-electron chi connectivity index (χ2n) is 5.14. The van der Waals surface area contributed by atoms with Crippen molar-refractivity contribution in [3.63, 3.8) is 0 Å². The quantitative estimate of drug-likeness (QED) is 0.666. The van der Waals surface area contributed by atoms with Crippen molar-refractivity contribution < 1.29 is 9.31 Å². The van der Waals surface area contributed by atoms with Crippen molar-refractivity contribution in [3.8, 4) is 0 Å². The Morgan fingerprint density at radius 2 is 2.05 bits per heavy atom. The van der Waals surface area contributed by atoms with Gasteiger partial charge in [-0.05, 0) is 49.6 Å². The lowest BCUT2D eigenvalue weighted by Crippen LogP contribution is -2.18. The van der Waals surface area contributed by atoms with E-state index in [0.717, 1.165) is 16.8 Å². The van der Waals surface area contributed by atoms with Crippen LogP contribution in [0, 0.1) is 22.9 Å². The van der Waals surface area contributed by atoms with E-state index in [1.807, 2.05) is 19.9 Å². The molecule has 5 heteroatoms. The summed E-state index contributed by atoms with van der Waals surface area (Å²) < 4.78 is 13.1. The molecule has 4 nitrogen and oxygen atoms in total. The molecular formula is C16H17FN2O2. The van der Waals surface area contributed by atoms with Gasteiger partial charge in [-0.15, -0.1) is 0 Å². The Hall–Kier alpha value is -2.43. The topological polar surface area (TPSA) is 55.2 Å². The number of rotatable bonds is 5. The first kappa shape index (κ1) is 15.0. The Labute approximate surface area is 122 Å². The highest BCUT2D eigenvalue weighted by Crippen LogP contribution is 2.22. The molecule has 0 bridgehead atoms. The summed E-state index contributed by atoms with van der Waals surface area (Å²) in [5, 5.41) is 14.0. The van der Waals surface area contributed by atoms with Crippen LogP contribution in [0.15, 0.2) is 42.5 Å². The summed E-state index contributed by atoms with van der Waals surface area (Å²) in [5.74, 6) is -0.244. The minimum atomic E-state index is -0.410. The predicted molar refractivity (Wildman–Crippen MR) is 81.0 cm³/mol. The number of hydrogen-bond donors (Lipinski definition) is 1. The van der Waals surface area contributed by atoms with Gasteiger partial charge in [-0.1, -0.05) is 12.1 Å². The summed E-state index contributed by atoms with van der Waals surface area (Å²) in [4.78, 5) is 10.3. The van der Waals surface area contributed by atoms with Gasteiger partial charge in [0.15, 0.2) is 0 Å². The van der Waals surface area contributed by atoms with Crippen molar-refractivity contribution in [2.24, 2.45) is 0 Å². The maximum Gasteiger partial charge on any atom is 0.269 e. The van der Waals surface area contributed by atoms with Crippen LogP contribution in [0.25, 0.3) is 0 Å². The van der Waals surface area contributed by atoms with Gasteiger partial charge in [-0.25, -0.2) is 4.39 Å². The Bertz CT molecular complexity index is 658. The maximum atomic E-state index is 13.1. The lowest BCUT2D eigenvalue weighted by molar-refractivity contribution is -0.384. The number of hydrogen-bond acceptors (Lipinski definition) is 3. The third-order valence-corrected chi connectivity index (χ3v) is 3.25. The molecule has 2 aromatic carbocycles. The average Bonchev–Trinajstić information content (AvgIpc) is 2.40. The van der Waals surface area contributed by atoms with Gasteiger partial charge in [0, 0.05) is 23.9 Å². The van der Waals surface area contributed by atoms with Crippen molar-refractivity contribution in [2.45, 2.75) is 26.3 Å². The Kier molecular flexibility index (Phi) is 4.52. The minimum absolute atomic E-state index is 0.0795. The predicted octanol–water partition coefficient (Wildman–Crippen LogP) is 4.09. The lowest BCUT2D eigenvalue weighted by Gasteiger charge is -2.17. The fraction of sp³-hybridized carbons (Fsp3) is 0.250. The zero-order valence-electron chi connectivity index (χ0n) is 12.0. The van der Waals surface area contributed by atoms with Crippen LogP contribution in [0.3, 0.4) is 0 Å². The van der Waals surface area contributed by atoms with Gasteiger partial charge >= 0.3 is 0 Å². The number of aryl methyl sites for hydroxylation is 1. The summed E-state index contributed by atoms with van der Waals surface area (Å²) in [6.45, 7) is 3.82. The van der Waals surface area contributed by atoms with Crippen molar-refractivity contribution in [3.05, 3.63) is 69.5 Å². The smallest absolute Gasteiger partial charge is 0.269 e. The summed E-state index contributed by atoms with van der Waals surface area (Å²) >= 11 is 0. The highest BCUT2D eigenvalue weighted by molar-refractivity contribution is 5.55. The van der Waals surface area contributed by atoms with Crippen LogP contribution in [0.1, 0.15) is 18.1 Å². The maximum absolute atomic E-state index is 13.1. The van der Waals surface area contributed by atoms with Gasteiger partial charge in [0.2, 0.25) is 0 Å². The number of nitro benzene ring substituents is 1. The molecule has 1 unspecified atom stereocenters. The standard InChI is InChI=1S/C16H17FN2O2/c1-11-8-15(19(20)21)6-7-16(11)18-12(2)9-13-4-3-5-14(17)10-13/h3-8,10,12,18H,9H2,1-2H3. The second kappa shape index (κ2) is 6.35. The summed E-state index contributed by atoms with van der Waals surface area (Å²) in [5.41, 5.74) is 2.66. The fourth-order valence-corrected chi connectivity index (χ4v) is 2.26. The molecule has 0 amide bonds. The van der Waals surface area contributed by atoms with E-state index in [0.29, 0.717) is 6.42 Å². The van der Waals surface area contributed by atoms with E-state index in [4.69, 9.17) is 0 Å². The summed E-state index contributed by atoms with van der Waals surface area (Å²) in [6.07, 6.45) is 0.675.